The highest BCUT2D eigenvalue weighted by molar-refractivity contribution is 6.09. The van der Waals surface area contributed by atoms with Gasteiger partial charge >= 0.3 is 6.09 Å². The first-order valence-corrected chi connectivity index (χ1v) is 10.0. The Morgan fingerprint density at radius 2 is 2.07 bits per heavy atom. The summed E-state index contributed by atoms with van der Waals surface area (Å²) in [5.74, 6) is 1.74. The van der Waals surface area contributed by atoms with Crippen molar-refractivity contribution in [3.63, 3.8) is 0 Å². The molecule has 8 nitrogen and oxygen atoms in total. The van der Waals surface area contributed by atoms with Crippen molar-refractivity contribution < 1.29 is 19.1 Å². The van der Waals surface area contributed by atoms with E-state index in [0.29, 0.717) is 31.4 Å². The second-order valence-corrected chi connectivity index (χ2v) is 9.04. The second kappa shape index (κ2) is 6.93. The molecule has 0 bridgehead atoms. The van der Waals surface area contributed by atoms with Gasteiger partial charge in [-0.15, -0.1) is 0 Å². The Labute approximate surface area is 170 Å². The smallest absolute Gasteiger partial charge is 0.410 e. The summed E-state index contributed by atoms with van der Waals surface area (Å²) in [5.41, 5.74) is 5.29. The number of ether oxygens (including phenoxy) is 2. The highest BCUT2D eigenvalue weighted by Crippen LogP contribution is 2.38. The number of hydrazone groups is 1. The third kappa shape index (κ3) is 3.75. The number of amides is 2. The predicted molar refractivity (Wildman–Crippen MR) is 109 cm³/mol. The molecule has 0 aromatic heterocycles. The Kier molecular flexibility index (Phi) is 4.67. The van der Waals surface area contributed by atoms with Gasteiger partial charge in [0.2, 0.25) is 0 Å². The zero-order valence-corrected chi connectivity index (χ0v) is 17.6. The Bertz CT molecular complexity index is 883. The van der Waals surface area contributed by atoms with Gasteiger partial charge in [-0.05, 0) is 70.2 Å². The van der Waals surface area contributed by atoms with E-state index in [1.165, 1.54) is 5.56 Å². The number of nitrogens with zero attached hydrogens (tertiary/aromatic N) is 3. The lowest BCUT2D eigenvalue weighted by Crippen LogP contribution is -2.55. The Morgan fingerprint density at radius 3 is 2.76 bits per heavy atom. The summed E-state index contributed by atoms with van der Waals surface area (Å²) in [6.45, 7) is 11.3. The number of rotatable bonds is 2. The largest absolute Gasteiger partial charge is 0.483 e. The van der Waals surface area contributed by atoms with Crippen LogP contribution >= 0.6 is 0 Å². The van der Waals surface area contributed by atoms with Crippen molar-refractivity contribution in [2.24, 2.45) is 11.0 Å². The van der Waals surface area contributed by atoms with E-state index in [-0.39, 0.29) is 18.0 Å². The number of amidine groups is 1. The van der Waals surface area contributed by atoms with Gasteiger partial charge < -0.3 is 19.3 Å². The molecule has 1 fully saturated rings. The molecule has 1 aromatic rings. The summed E-state index contributed by atoms with van der Waals surface area (Å²) in [5, 5.41) is 4.14. The number of hydrogen-bond acceptors (Lipinski definition) is 6. The predicted octanol–water partition coefficient (Wildman–Crippen LogP) is 2.44. The van der Waals surface area contributed by atoms with Crippen LogP contribution in [0.2, 0.25) is 0 Å². The Hall–Kier alpha value is -2.77. The summed E-state index contributed by atoms with van der Waals surface area (Å²) in [6.07, 6.45) is 0.609. The maximum atomic E-state index is 12.2. The zero-order chi connectivity index (χ0) is 20.9. The fraction of sp³-hybridized carbons (Fsp3) is 0.571. The van der Waals surface area contributed by atoms with Gasteiger partial charge in [-0.3, -0.25) is 4.79 Å². The molecule has 4 rings (SSSR count). The van der Waals surface area contributed by atoms with Gasteiger partial charge in [0.25, 0.3) is 5.91 Å². The molecule has 1 atom stereocenters. The number of carbonyl (C=O) groups excluding carboxylic acids is 2. The maximum Gasteiger partial charge on any atom is 0.410 e. The number of carbonyl (C=O) groups is 2. The van der Waals surface area contributed by atoms with E-state index in [4.69, 9.17) is 9.47 Å². The highest BCUT2D eigenvalue weighted by Gasteiger charge is 2.37. The van der Waals surface area contributed by atoms with Gasteiger partial charge in [0.05, 0.1) is 5.69 Å². The van der Waals surface area contributed by atoms with E-state index in [1.54, 1.807) is 4.90 Å². The number of aryl methyl sites for hydroxylation is 1. The number of anilines is 1. The van der Waals surface area contributed by atoms with E-state index in [0.717, 1.165) is 23.4 Å². The van der Waals surface area contributed by atoms with E-state index in [1.807, 2.05) is 38.7 Å². The molecule has 2 amide bonds. The maximum absolute atomic E-state index is 12.2. The molecule has 3 heterocycles. The minimum absolute atomic E-state index is 0.129. The van der Waals surface area contributed by atoms with Crippen LogP contribution in [0.5, 0.6) is 5.75 Å². The molecule has 1 saturated heterocycles. The Balaban J connectivity index is 1.48. The van der Waals surface area contributed by atoms with Crippen molar-refractivity contribution >= 4 is 23.5 Å². The molecule has 1 unspecified atom stereocenters. The molecule has 29 heavy (non-hydrogen) atoms. The summed E-state index contributed by atoms with van der Waals surface area (Å²) < 4.78 is 11.3. The topological polar surface area (TPSA) is 83.5 Å². The average Bonchev–Trinajstić information content (AvgIpc) is 2.59. The molecule has 0 radical (unpaired) electrons. The number of benzene rings is 1. The van der Waals surface area contributed by atoms with Crippen molar-refractivity contribution in [2.75, 3.05) is 24.6 Å². The summed E-state index contributed by atoms with van der Waals surface area (Å²) in [7, 11) is 0. The molecule has 156 valence electrons. The van der Waals surface area contributed by atoms with Gasteiger partial charge in [0.15, 0.2) is 5.84 Å². The number of likely N-dealkylation sites (tertiary alicyclic amines) is 1. The fourth-order valence-corrected chi connectivity index (χ4v) is 3.92. The summed E-state index contributed by atoms with van der Waals surface area (Å²) in [4.78, 5) is 27.9. The molecule has 0 spiro atoms. The van der Waals surface area contributed by atoms with Gasteiger partial charge in [0, 0.05) is 13.1 Å². The van der Waals surface area contributed by atoms with Crippen LogP contribution in [0, 0.1) is 12.8 Å². The molecular weight excluding hydrogens is 372 g/mol. The van der Waals surface area contributed by atoms with E-state index >= 15 is 0 Å². The third-order valence-corrected chi connectivity index (χ3v) is 5.49. The van der Waals surface area contributed by atoms with Crippen LogP contribution in [-0.2, 0) is 16.0 Å². The van der Waals surface area contributed by atoms with Crippen molar-refractivity contribution in [3.05, 3.63) is 23.3 Å². The van der Waals surface area contributed by atoms with Gasteiger partial charge in [0.1, 0.15) is 24.0 Å². The lowest BCUT2D eigenvalue weighted by atomic mass is 9.89. The molecule has 1 N–H and O–H groups in total. The quantitative estimate of drug-likeness (QED) is 0.824. The lowest BCUT2D eigenvalue weighted by Gasteiger charge is -2.41. The summed E-state index contributed by atoms with van der Waals surface area (Å²) in [6, 6.07) is 3.79. The standard InChI is InChI=1S/C21H28N4O4/c1-12-6-17-16(25-13(2)19(26)23-22-18(25)11-28-17)8-15(12)7-14-9-24(10-14)20(27)29-21(3,4)5/h6,8,13-14H,7,9-11H2,1-5H3,(H,23,26). The van der Waals surface area contributed by atoms with Crippen molar-refractivity contribution in [3.8, 4) is 5.75 Å². The minimum atomic E-state index is -0.478. The second-order valence-electron chi connectivity index (χ2n) is 9.04. The van der Waals surface area contributed by atoms with Crippen LogP contribution in [0.3, 0.4) is 0 Å². The van der Waals surface area contributed by atoms with Crippen molar-refractivity contribution in [1.82, 2.24) is 10.3 Å². The average molecular weight is 400 g/mol. The van der Waals surface area contributed by atoms with Crippen LogP contribution < -0.4 is 15.1 Å². The fourth-order valence-electron chi connectivity index (χ4n) is 3.92. The first-order valence-electron chi connectivity index (χ1n) is 10.0. The lowest BCUT2D eigenvalue weighted by molar-refractivity contribution is -0.122. The SMILES string of the molecule is Cc1cc2c(cc1CC1CN(C(=O)OC(C)(C)C)C1)N1C(=NNC(=O)C1C)CO2. The zero-order valence-electron chi connectivity index (χ0n) is 17.6. The number of hydrogen-bond donors (Lipinski definition) is 1. The van der Waals surface area contributed by atoms with E-state index in [9.17, 15) is 9.59 Å². The van der Waals surface area contributed by atoms with Crippen LogP contribution in [0.1, 0.15) is 38.8 Å². The summed E-state index contributed by atoms with van der Waals surface area (Å²) >= 11 is 0. The Morgan fingerprint density at radius 1 is 1.34 bits per heavy atom. The van der Waals surface area contributed by atoms with Gasteiger partial charge in [-0.2, -0.15) is 5.10 Å². The van der Waals surface area contributed by atoms with Crippen LogP contribution in [0.4, 0.5) is 10.5 Å². The minimum Gasteiger partial charge on any atom is -0.483 e. The molecule has 8 heteroatoms. The van der Waals surface area contributed by atoms with E-state index < -0.39 is 5.60 Å². The van der Waals surface area contributed by atoms with Crippen LogP contribution in [0.15, 0.2) is 17.2 Å². The molecule has 0 saturated carbocycles. The number of nitrogens with one attached hydrogen (secondary N) is 1. The van der Waals surface area contributed by atoms with E-state index in [2.05, 4.69) is 23.5 Å². The third-order valence-electron chi connectivity index (χ3n) is 5.49. The van der Waals surface area contributed by atoms with Crippen molar-refractivity contribution in [2.45, 2.75) is 52.7 Å². The first kappa shape index (κ1) is 19.5. The molecule has 1 aromatic carbocycles. The molecule has 0 aliphatic carbocycles. The molecule has 3 aliphatic heterocycles. The first-order chi connectivity index (χ1) is 13.6. The van der Waals surface area contributed by atoms with Gasteiger partial charge in [-0.1, -0.05) is 0 Å². The van der Waals surface area contributed by atoms with Crippen LogP contribution in [-0.4, -0.2) is 54.1 Å². The normalized spacial score (nSPS) is 21.3. The van der Waals surface area contributed by atoms with Crippen molar-refractivity contribution in [1.29, 1.82) is 0 Å². The van der Waals surface area contributed by atoms with Gasteiger partial charge in [-0.25, -0.2) is 10.2 Å². The molecular formula is C21H28N4O4. The monoisotopic (exact) mass is 400 g/mol. The van der Waals surface area contributed by atoms with Crippen LogP contribution in [0.25, 0.3) is 0 Å². The number of fused-ring (bicyclic) bond motifs is 3. The molecule has 3 aliphatic rings. The highest BCUT2D eigenvalue weighted by atomic mass is 16.6.